The number of rotatable bonds is 5. The van der Waals surface area contributed by atoms with Crippen LogP contribution in [0, 0.1) is 10.1 Å². The summed E-state index contributed by atoms with van der Waals surface area (Å²) in [6, 6.07) is 5.16. The van der Waals surface area contributed by atoms with Crippen LogP contribution >= 0.6 is 0 Å². The Labute approximate surface area is 106 Å². The Kier molecular flexibility index (Phi) is 4.42. The van der Waals surface area contributed by atoms with E-state index in [9.17, 15) is 18.5 Å². The maximum atomic E-state index is 12.3. The molecule has 0 aliphatic carbocycles. The van der Waals surface area contributed by atoms with E-state index in [2.05, 4.69) is 0 Å². The number of nitro groups is 1. The minimum atomic E-state index is -3.83. The second-order valence-corrected chi connectivity index (χ2v) is 5.97. The zero-order chi connectivity index (χ0) is 13.9. The van der Waals surface area contributed by atoms with Crippen molar-refractivity contribution in [1.29, 1.82) is 0 Å². The van der Waals surface area contributed by atoms with Gasteiger partial charge in [-0.25, -0.2) is 8.42 Å². The van der Waals surface area contributed by atoms with Gasteiger partial charge < -0.3 is 0 Å². The molecule has 6 nitrogen and oxygen atoms in total. The van der Waals surface area contributed by atoms with Gasteiger partial charge in [-0.15, -0.1) is 0 Å². The Morgan fingerprint density at radius 2 is 1.94 bits per heavy atom. The van der Waals surface area contributed by atoms with Gasteiger partial charge in [0.25, 0.3) is 5.69 Å². The molecule has 1 rings (SSSR count). The Hall–Kier alpha value is -1.47. The van der Waals surface area contributed by atoms with Gasteiger partial charge in [-0.05, 0) is 19.4 Å². The predicted octanol–water partition coefficient (Wildman–Crippen LogP) is 2.01. The van der Waals surface area contributed by atoms with E-state index in [-0.39, 0.29) is 10.9 Å². The molecule has 1 aromatic rings. The molecule has 0 aliphatic heterocycles. The van der Waals surface area contributed by atoms with Crippen molar-refractivity contribution in [3.8, 4) is 0 Å². The molecule has 0 bridgehead atoms. The first-order chi connectivity index (χ1) is 8.32. The van der Waals surface area contributed by atoms with E-state index in [1.54, 1.807) is 6.92 Å². The third kappa shape index (κ3) is 2.68. The van der Waals surface area contributed by atoms with Crippen LogP contribution in [0.4, 0.5) is 5.69 Å². The second-order valence-electron chi connectivity index (χ2n) is 4.00. The number of sulfonamides is 1. The van der Waals surface area contributed by atoms with E-state index in [0.717, 1.165) is 4.31 Å². The van der Waals surface area contributed by atoms with Crippen molar-refractivity contribution in [2.45, 2.75) is 31.2 Å². The summed E-state index contributed by atoms with van der Waals surface area (Å²) in [5.41, 5.74) is -0.396. The first kappa shape index (κ1) is 14.6. The molecule has 1 atom stereocenters. The van der Waals surface area contributed by atoms with Crippen LogP contribution in [0.15, 0.2) is 29.2 Å². The molecule has 7 heteroatoms. The molecule has 0 unspecified atom stereocenters. The number of nitro benzene ring substituents is 1. The number of benzene rings is 1. The highest BCUT2D eigenvalue weighted by Crippen LogP contribution is 2.26. The van der Waals surface area contributed by atoms with Gasteiger partial charge in [0.2, 0.25) is 10.0 Å². The van der Waals surface area contributed by atoms with E-state index in [0.29, 0.717) is 6.42 Å². The summed E-state index contributed by atoms with van der Waals surface area (Å²) in [5.74, 6) is 0. The van der Waals surface area contributed by atoms with Gasteiger partial charge in [-0.2, -0.15) is 4.31 Å². The molecule has 18 heavy (non-hydrogen) atoms. The molecule has 100 valence electrons. The van der Waals surface area contributed by atoms with Crippen LogP contribution < -0.4 is 0 Å². The van der Waals surface area contributed by atoms with Crippen LogP contribution in [0.3, 0.4) is 0 Å². The van der Waals surface area contributed by atoms with E-state index < -0.39 is 20.6 Å². The molecule has 0 saturated carbocycles. The smallest absolute Gasteiger partial charge is 0.258 e. The average Bonchev–Trinajstić information content (AvgIpc) is 2.36. The molecule has 0 heterocycles. The third-order valence-electron chi connectivity index (χ3n) is 2.93. The lowest BCUT2D eigenvalue weighted by Crippen LogP contribution is -2.34. The zero-order valence-electron chi connectivity index (χ0n) is 10.5. The first-order valence-electron chi connectivity index (χ1n) is 5.53. The lowest BCUT2D eigenvalue weighted by molar-refractivity contribution is -0.387. The number of nitrogens with zero attached hydrogens (tertiary/aromatic N) is 2. The number of para-hydroxylation sites is 1. The van der Waals surface area contributed by atoms with Crippen molar-refractivity contribution in [3.05, 3.63) is 34.4 Å². The predicted molar refractivity (Wildman–Crippen MR) is 67.8 cm³/mol. The molecular weight excluding hydrogens is 256 g/mol. The fourth-order valence-corrected chi connectivity index (χ4v) is 3.07. The van der Waals surface area contributed by atoms with Crippen LogP contribution in [-0.2, 0) is 10.0 Å². The van der Waals surface area contributed by atoms with Crippen molar-refractivity contribution >= 4 is 15.7 Å². The second kappa shape index (κ2) is 5.45. The molecule has 0 fully saturated rings. The summed E-state index contributed by atoms with van der Waals surface area (Å²) < 4.78 is 25.7. The molecule has 0 amide bonds. The van der Waals surface area contributed by atoms with Gasteiger partial charge >= 0.3 is 0 Å². The van der Waals surface area contributed by atoms with Gasteiger partial charge in [0, 0.05) is 19.2 Å². The average molecular weight is 272 g/mol. The van der Waals surface area contributed by atoms with Gasteiger partial charge in [-0.3, -0.25) is 10.1 Å². The summed E-state index contributed by atoms with van der Waals surface area (Å²) >= 11 is 0. The molecular formula is C11H16N2O4S. The fourth-order valence-electron chi connectivity index (χ4n) is 1.48. The Morgan fingerprint density at radius 3 is 2.44 bits per heavy atom. The highest BCUT2D eigenvalue weighted by molar-refractivity contribution is 7.89. The maximum Gasteiger partial charge on any atom is 0.289 e. The quantitative estimate of drug-likeness (QED) is 0.606. The summed E-state index contributed by atoms with van der Waals surface area (Å²) in [5, 5.41) is 10.9. The largest absolute Gasteiger partial charge is 0.289 e. The van der Waals surface area contributed by atoms with E-state index >= 15 is 0 Å². The standard InChI is InChI=1S/C11H16N2O4S/c1-4-9(2)12(3)18(16,17)11-8-6-5-7-10(11)13(14)15/h5-9H,4H2,1-3H3/t9-/m1/s1. The van der Waals surface area contributed by atoms with E-state index in [4.69, 9.17) is 0 Å². The lowest BCUT2D eigenvalue weighted by Gasteiger charge is -2.22. The minimum absolute atomic E-state index is 0.213. The molecule has 0 N–H and O–H groups in total. The molecule has 0 radical (unpaired) electrons. The number of hydrogen-bond acceptors (Lipinski definition) is 4. The maximum absolute atomic E-state index is 12.3. The summed E-state index contributed by atoms with van der Waals surface area (Å²) in [6.45, 7) is 3.61. The van der Waals surface area contributed by atoms with Gasteiger partial charge in [0.05, 0.1) is 4.92 Å². The van der Waals surface area contributed by atoms with Crippen molar-refractivity contribution < 1.29 is 13.3 Å². The topological polar surface area (TPSA) is 80.5 Å². The van der Waals surface area contributed by atoms with E-state index in [1.807, 2.05) is 6.92 Å². The van der Waals surface area contributed by atoms with Crippen molar-refractivity contribution in [2.75, 3.05) is 7.05 Å². The van der Waals surface area contributed by atoms with Crippen LogP contribution in [0.25, 0.3) is 0 Å². The van der Waals surface area contributed by atoms with Crippen LogP contribution in [0.5, 0.6) is 0 Å². The van der Waals surface area contributed by atoms with Gasteiger partial charge in [-0.1, -0.05) is 19.1 Å². The van der Waals surface area contributed by atoms with Gasteiger partial charge in [0.1, 0.15) is 0 Å². The van der Waals surface area contributed by atoms with Crippen LogP contribution in [0.1, 0.15) is 20.3 Å². The van der Waals surface area contributed by atoms with Crippen LogP contribution in [0.2, 0.25) is 0 Å². The summed E-state index contributed by atoms with van der Waals surface area (Å²) in [4.78, 5) is 9.90. The Balaban J connectivity index is 3.33. The third-order valence-corrected chi connectivity index (χ3v) is 4.95. The lowest BCUT2D eigenvalue weighted by atomic mass is 10.3. The number of hydrogen-bond donors (Lipinski definition) is 0. The van der Waals surface area contributed by atoms with Crippen molar-refractivity contribution in [2.24, 2.45) is 0 Å². The molecule has 1 aromatic carbocycles. The van der Waals surface area contributed by atoms with Gasteiger partial charge in [0.15, 0.2) is 4.90 Å². The highest BCUT2D eigenvalue weighted by atomic mass is 32.2. The van der Waals surface area contributed by atoms with Crippen molar-refractivity contribution in [3.63, 3.8) is 0 Å². The Morgan fingerprint density at radius 1 is 1.39 bits per heavy atom. The molecule has 0 aliphatic rings. The summed E-state index contributed by atoms with van der Waals surface area (Å²) in [6.07, 6.45) is 0.635. The highest BCUT2D eigenvalue weighted by Gasteiger charge is 2.30. The SMILES string of the molecule is CC[C@@H](C)N(C)S(=O)(=O)c1ccccc1[N+](=O)[O-]. The molecule has 0 saturated heterocycles. The normalized spacial score (nSPS) is 13.6. The monoisotopic (exact) mass is 272 g/mol. The van der Waals surface area contributed by atoms with Crippen molar-refractivity contribution in [1.82, 2.24) is 4.31 Å². The molecule has 0 aromatic heterocycles. The first-order valence-corrected chi connectivity index (χ1v) is 6.97. The Bertz CT molecular complexity index is 542. The van der Waals surface area contributed by atoms with Crippen LogP contribution in [-0.4, -0.2) is 30.7 Å². The summed E-state index contributed by atoms with van der Waals surface area (Å²) in [7, 11) is -2.40. The van der Waals surface area contributed by atoms with E-state index in [1.165, 1.54) is 31.3 Å². The minimum Gasteiger partial charge on any atom is -0.258 e. The zero-order valence-corrected chi connectivity index (χ0v) is 11.3. The molecule has 0 spiro atoms. The fraction of sp³-hybridized carbons (Fsp3) is 0.455.